The first kappa shape index (κ1) is 17.6. The average Bonchev–Trinajstić information content (AvgIpc) is 2.96. The van der Waals surface area contributed by atoms with Gasteiger partial charge < -0.3 is 9.47 Å². The van der Waals surface area contributed by atoms with E-state index in [-0.39, 0.29) is 10.2 Å². The monoisotopic (exact) mass is 398 g/mol. The largest absolute Gasteiger partial charge is 0.486 e. The molecule has 0 atom stereocenters. The standard InChI is InChI=1S/C19H14N2O4S2/c22-17(13-4-2-1-3-5-13)20-21-18(23)16(27-19(21)26)11-12-6-7-14-15(10-12)25-9-8-24-14/h1-7,10-11H,8-9H2,(H,20,22). The van der Waals surface area contributed by atoms with Gasteiger partial charge in [0.05, 0.1) is 4.91 Å². The highest BCUT2D eigenvalue weighted by molar-refractivity contribution is 8.26. The SMILES string of the molecule is O=C(NN1C(=O)C(=Cc2ccc3c(c2)OCCO3)SC1=S)c1ccccc1. The van der Waals surface area contributed by atoms with E-state index in [2.05, 4.69) is 5.43 Å². The third-order valence-corrected chi connectivity index (χ3v) is 5.21. The summed E-state index contributed by atoms with van der Waals surface area (Å²) < 4.78 is 11.3. The summed E-state index contributed by atoms with van der Waals surface area (Å²) in [7, 11) is 0. The van der Waals surface area contributed by atoms with Crippen LogP contribution < -0.4 is 14.9 Å². The van der Waals surface area contributed by atoms with E-state index in [1.165, 1.54) is 0 Å². The normalized spacial score (nSPS) is 17.3. The zero-order valence-electron chi connectivity index (χ0n) is 14.0. The van der Waals surface area contributed by atoms with Gasteiger partial charge in [-0.3, -0.25) is 15.0 Å². The minimum atomic E-state index is -0.396. The summed E-state index contributed by atoms with van der Waals surface area (Å²) in [6.45, 7) is 1.01. The van der Waals surface area contributed by atoms with Crippen molar-refractivity contribution in [1.29, 1.82) is 0 Å². The molecule has 1 N–H and O–H groups in total. The molecular weight excluding hydrogens is 384 g/mol. The number of thiocarbonyl (C=S) groups is 1. The molecule has 0 saturated carbocycles. The molecule has 6 nitrogen and oxygen atoms in total. The minimum absolute atomic E-state index is 0.271. The fraction of sp³-hybridized carbons (Fsp3) is 0.105. The number of nitrogens with zero attached hydrogens (tertiary/aromatic N) is 1. The van der Waals surface area contributed by atoms with Crippen molar-refractivity contribution in [1.82, 2.24) is 10.4 Å². The summed E-state index contributed by atoms with van der Waals surface area (Å²) in [5, 5.41) is 1.10. The van der Waals surface area contributed by atoms with E-state index >= 15 is 0 Å². The van der Waals surface area contributed by atoms with E-state index in [1.54, 1.807) is 36.4 Å². The van der Waals surface area contributed by atoms with Crippen molar-refractivity contribution in [2.75, 3.05) is 13.2 Å². The molecular formula is C19H14N2O4S2. The van der Waals surface area contributed by atoms with E-state index in [1.807, 2.05) is 18.2 Å². The van der Waals surface area contributed by atoms with E-state index in [4.69, 9.17) is 21.7 Å². The predicted molar refractivity (Wildman–Crippen MR) is 106 cm³/mol. The Morgan fingerprint density at radius 2 is 1.85 bits per heavy atom. The number of carbonyl (C=O) groups is 2. The first-order valence-corrected chi connectivity index (χ1v) is 9.38. The zero-order valence-corrected chi connectivity index (χ0v) is 15.6. The smallest absolute Gasteiger partial charge is 0.285 e. The van der Waals surface area contributed by atoms with E-state index in [9.17, 15) is 9.59 Å². The molecule has 1 fully saturated rings. The number of ether oxygens (including phenoxy) is 2. The molecule has 2 aliphatic heterocycles. The number of rotatable bonds is 3. The van der Waals surface area contributed by atoms with Gasteiger partial charge in [-0.25, -0.2) is 0 Å². The Morgan fingerprint density at radius 1 is 1.11 bits per heavy atom. The number of hydrogen-bond donors (Lipinski definition) is 1. The lowest BCUT2D eigenvalue weighted by Gasteiger charge is -2.18. The molecule has 136 valence electrons. The number of thioether (sulfide) groups is 1. The lowest BCUT2D eigenvalue weighted by atomic mass is 10.1. The molecule has 2 amide bonds. The maximum absolute atomic E-state index is 12.7. The first-order chi connectivity index (χ1) is 13.1. The van der Waals surface area contributed by atoms with Gasteiger partial charge in [0, 0.05) is 5.56 Å². The maximum Gasteiger partial charge on any atom is 0.285 e. The fourth-order valence-electron chi connectivity index (χ4n) is 2.62. The Balaban J connectivity index is 1.52. The summed E-state index contributed by atoms with van der Waals surface area (Å²) in [5.74, 6) is 0.556. The number of nitrogens with one attached hydrogen (secondary N) is 1. The summed E-state index contributed by atoms with van der Waals surface area (Å²) in [4.78, 5) is 25.4. The average molecular weight is 398 g/mol. The van der Waals surface area contributed by atoms with Crippen molar-refractivity contribution in [2.24, 2.45) is 0 Å². The quantitative estimate of drug-likeness (QED) is 0.633. The van der Waals surface area contributed by atoms with Gasteiger partial charge in [-0.1, -0.05) is 36.0 Å². The zero-order chi connectivity index (χ0) is 18.8. The summed E-state index contributed by atoms with van der Waals surface area (Å²) in [5.41, 5.74) is 3.79. The molecule has 4 rings (SSSR count). The van der Waals surface area contributed by atoms with Gasteiger partial charge in [0.1, 0.15) is 13.2 Å². The lowest BCUT2D eigenvalue weighted by molar-refractivity contribution is -0.123. The minimum Gasteiger partial charge on any atom is -0.486 e. The molecule has 1 saturated heterocycles. The van der Waals surface area contributed by atoms with Crippen LogP contribution in [0.4, 0.5) is 0 Å². The van der Waals surface area contributed by atoms with Gasteiger partial charge in [-0.2, -0.15) is 5.01 Å². The molecule has 8 heteroatoms. The molecule has 0 unspecified atom stereocenters. The summed E-state index contributed by atoms with van der Waals surface area (Å²) in [6.07, 6.45) is 1.71. The third kappa shape index (κ3) is 3.67. The number of fused-ring (bicyclic) bond motifs is 1. The second-order valence-electron chi connectivity index (χ2n) is 5.73. The van der Waals surface area contributed by atoms with Crippen molar-refractivity contribution >= 4 is 46.2 Å². The Bertz CT molecular complexity index is 959. The van der Waals surface area contributed by atoms with Crippen molar-refractivity contribution in [3.8, 4) is 11.5 Å². The maximum atomic E-state index is 12.7. The van der Waals surface area contributed by atoms with Crippen molar-refractivity contribution in [3.63, 3.8) is 0 Å². The highest BCUT2D eigenvalue weighted by Crippen LogP contribution is 2.35. The first-order valence-electron chi connectivity index (χ1n) is 8.15. The Hall–Kier alpha value is -2.84. The van der Waals surface area contributed by atoms with Gasteiger partial charge >= 0.3 is 0 Å². The van der Waals surface area contributed by atoms with Gasteiger partial charge in [-0.15, -0.1) is 0 Å². The lowest BCUT2D eigenvalue weighted by Crippen LogP contribution is -2.44. The van der Waals surface area contributed by atoms with Crippen LogP contribution in [0.2, 0.25) is 0 Å². The van der Waals surface area contributed by atoms with Crippen LogP contribution in [0, 0.1) is 0 Å². The second-order valence-corrected chi connectivity index (χ2v) is 7.40. The Labute approximate surface area is 165 Å². The van der Waals surface area contributed by atoms with E-state index in [0.717, 1.165) is 22.3 Å². The number of hydrazine groups is 1. The Morgan fingerprint density at radius 3 is 2.63 bits per heavy atom. The van der Waals surface area contributed by atoms with Gasteiger partial charge in [0.15, 0.2) is 15.8 Å². The molecule has 2 aromatic rings. The predicted octanol–water partition coefficient (Wildman–Crippen LogP) is 3.00. The van der Waals surface area contributed by atoms with E-state index in [0.29, 0.717) is 35.2 Å². The van der Waals surface area contributed by atoms with Crippen molar-refractivity contribution in [2.45, 2.75) is 0 Å². The second kappa shape index (κ2) is 7.42. The molecule has 0 radical (unpaired) electrons. The highest BCUT2D eigenvalue weighted by atomic mass is 32.2. The molecule has 27 heavy (non-hydrogen) atoms. The fourth-order valence-corrected chi connectivity index (χ4v) is 3.80. The van der Waals surface area contributed by atoms with Gasteiger partial charge in [0.2, 0.25) is 0 Å². The van der Waals surface area contributed by atoms with Crippen LogP contribution in [0.1, 0.15) is 15.9 Å². The van der Waals surface area contributed by atoms with Crippen LogP contribution in [0.25, 0.3) is 6.08 Å². The van der Waals surface area contributed by atoms with Crippen molar-refractivity contribution in [3.05, 3.63) is 64.6 Å². The number of carbonyl (C=O) groups excluding carboxylic acids is 2. The number of hydrogen-bond acceptors (Lipinski definition) is 6. The van der Waals surface area contributed by atoms with Crippen LogP contribution in [0.15, 0.2) is 53.4 Å². The topological polar surface area (TPSA) is 67.9 Å². The van der Waals surface area contributed by atoms with Crippen LogP contribution in [0.3, 0.4) is 0 Å². The molecule has 2 heterocycles. The summed E-state index contributed by atoms with van der Waals surface area (Å²) >= 11 is 6.38. The van der Waals surface area contributed by atoms with E-state index < -0.39 is 5.91 Å². The molecule has 0 bridgehead atoms. The highest BCUT2D eigenvalue weighted by Gasteiger charge is 2.33. The molecule has 2 aliphatic rings. The van der Waals surface area contributed by atoms with Crippen LogP contribution >= 0.6 is 24.0 Å². The Kier molecular flexibility index (Phi) is 4.83. The number of benzene rings is 2. The molecule has 0 aromatic heterocycles. The van der Waals surface area contributed by atoms with Gasteiger partial charge in [0.25, 0.3) is 11.8 Å². The molecule has 0 aliphatic carbocycles. The van der Waals surface area contributed by atoms with Gasteiger partial charge in [-0.05, 0) is 48.1 Å². The van der Waals surface area contributed by atoms with Crippen LogP contribution in [0.5, 0.6) is 11.5 Å². The van der Waals surface area contributed by atoms with Crippen molar-refractivity contribution < 1.29 is 19.1 Å². The van der Waals surface area contributed by atoms with Crippen LogP contribution in [-0.2, 0) is 4.79 Å². The number of amides is 2. The molecule has 2 aromatic carbocycles. The molecule has 0 spiro atoms. The summed E-state index contributed by atoms with van der Waals surface area (Å²) in [6, 6.07) is 14.1. The van der Waals surface area contributed by atoms with Crippen LogP contribution in [-0.4, -0.2) is 34.4 Å². The third-order valence-electron chi connectivity index (χ3n) is 3.91.